The molecule has 1 aliphatic heterocycles. The monoisotopic (exact) mass is 459 g/mol. The number of nitrogens with one attached hydrogen (secondary N) is 2. The van der Waals surface area contributed by atoms with E-state index < -0.39 is 43.2 Å². The number of halogens is 5. The fraction of sp³-hybridized carbons (Fsp3) is 0.550. The largest absolute Gasteiger partial charge is 0.482 e. The molecule has 2 aliphatic rings. The molecule has 7 nitrogen and oxygen atoms in total. The van der Waals surface area contributed by atoms with E-state index in [2.05, 4.69) is 20.5 Å². The highest BCUT2D eigenvalue weighted by molar-refractivity contribution is 5.94. The van der Waals surface area contributed by atoms with Crippen molar-refractivity contribution in [2.45, 2.75) is 44.3 Å². The van der Waals surface area contributed by atoms with Gasteiger partial charge in [-0.1, -0.05) is 0 Å². The quantitative estimate of drug-likeness (QED) is 0.619. The van der Waals surface area contributed by atoms with Crippen molar-refractivity contribution >= 4 is 11.6 Å². The van der Waals surface area contributed by atoms with Crippen LogP contribution in [0.1, 0.15) is 41.6 Å². The van der Waals surface area contributed by atoms with E-state index in [1.54, 1.807) is 0 Å². The topological polar surface area (TPSA) is 83.1 Å². The lowest BCUT2D eigenvalue weighted by Crippen LogP contribution is -2.56. The molecule has 2 fully saturated rings. The second-order valence-electron chi connectivity index (χ2n) is 8.52. The number of hydrogen-bond donors (Lipinski definition) is 2. The van der Waals surface area contributed by atoms with Crippen molar-refractivity contribution in [2.24, 2.45) is 5.92 Å². The van der Waals surface area contributed by atoms with Crippen molar-refractivity contribution in [1.29, 1.82) is 0 Å². The van der Waals surface area contributed by atoms with E-state index in [1.165, 1.54) is 0 Å². The Morgan fingerprint density at radius 3 is 2.53 bits per heavy atom. The van der Waals surface area contributed by atoms with Crippen LogP contribution in [0.3, 0.4) is 0 Å². The average molecular weight is 459 g/mol. The number of rotatable bonds is 7. The second-order valence-corrected chi connectivity index (χ2v) is 8.52. The highest BCUT2D eigenvalue weighted by Gasteiger charge is 2.47. The van der Waals surface area contributed by atoms with Crippen molar-refractivity contribution in [3.63, 3.8) is 0 Å². The van der Waals surface area contributed by atoms with E-state index in [1.807, 2.05) is 19.9 Å². The Morgan fingerprint density at radius 2 is 2.00 bits per heavy atom. The van der Waals surface area contributed by atoms with Crippen LogP contribution in [0.2, 0.25) is 0 Å². The summed E-state index contributed by atoms with van der Waals surface area (Å²) in [5.74, 6) is -3.75. The Labute approximate surface area is 180 Å². The van der Waals surface area contributed by atoms with E-state index in [4.69, 9.17) is 4.74 Å². The van der Waals surface area contributed by atoms with Gasteiger partial charge in [0.25, 0.3) is 11.8 Å². The highest BCUT2D eigenvalue weighted by atomic mass is 19.4. The number of carbonyl (C=O) groups is 1. The van der Waals surface area contributed by atoms with Gasteiger partial charge >= 0.3 is 6.18 Å². The van der Waals surface area contributed by atoms with Gasteiger partial charge in [0.05, 0.1) is 36.2 Å². The smallest absolute Gasteiger partial charge is 0.422 e. The maximum Gasteiger partial charge on any atom is 0.422 e. The van der Waals surface area contributed by atoms with Crippen LogP contribution in [-0.2, 0) is 5.54 Å². The van der Waals surface area contributed by atoms with Gasteiger partial charge < -0.3 is 15.0 Å². The van der Waals surface area contributed by atoms with Gasteiger partial charge in [-0.15, -0.1) is 0 Å². The van der Waals surface area contributed by atoms with Crippen LogP contribution >= 0.6 is 0 Å². The zero-order valence-electron chi connectivity index (χ0n) is 17.4. The fourth-order valence-corrected chi connectivity index (χ4v) is 3.77. The van der Waals surface area contributed by atoms with Crippen molar-refractivity contribution in [3.05, 3.63) is 35.4 Å². The zero-order valence-corrected chi connectivity index (χ0v) is 17.4. The highest BCUT2D eigenvalue weighted by Crippen LogP contribution is 2.45. The number of nitrogens with zero attached hydrogens (tertiary/aromatic N) is 3. The Balaban J connectivity index is 1.58. The molecule has 1 saturated heterocycles. The molecule has 32 heavy (non-hydrogen) atoms. The van der Waals surface area contributed by atoms with Crippen LogP contribution in [-0.4, -0.2) is 52.9 Å². The summed E-state index contributed by atoms with van der Waals surface area (Å²) in [4.78, 5) is 18.1. The normalized spacial score (nSPS) is 19.8. The Morgan fingerprint density at radius 1 is 1.31 bits per heavy atom. The number of pyridine rings is 1. The summed E-state index contributed by atoms with van der Waals surface area (Å²) >= 11 is 0. The summed E-state index contributed by atoms with van der Waals surface area (Å²) in [6, 6.07) is 2.87. The van der Waals surface area contributed by atoms with Crippen LogP contribution < -0.4 is 15.0 Å². The van der Waals surface area contributed by atoms with Gasteiger partial charge in [-0.25, -0.2) is 13.8 Å². The van der Waals surface area contributed by atoms with E-state index in [0.29, 0.717) is 5.69 Å². The molecule has 0 unspecified atom stereocenters. The summed E-state index contributed by atoms with van der Waals surface area (Å²) < 4.78 is 69.5. The van der Waals surface area contributed by atoms with Crippen LogP contribution in [0.5, 0.6) is 5.75 Å². The molecule has 4 rings (SSSR count). The predicted molar refractivity (Wildman–Crippen MR) is 104 cm³/mol. The number of alkyl halides is 5. The number of anilines is 1. The van der Waals surface area contributed by atoms with Crippen LogP contribution in [0.15, 0.2) is 18.3 Å². The van der Waals surface area contributed by atoms with E-state index in [9.17, 15) is 26.7 Å². The number of amides is 1. The number of H-pyrrole nitrogens is 1. The number of aromatic nitrogens is 3. The predicted octanol–water partition coefficient (Wildman–Crippen LogP) is 3.56. The first-order chi connectivity index (χ1) is 14.9. The van der Waals surface area contributed by atoms with Gasteiger partial charge in [-0.05, 0) is 38.7 Å². The molecular formula is C20H22F5N5O2. The molecule has 1 aliphatic carbocycles. The number of aryl methyl sites for hydroxylation is 1. The lowest BCUT2D eigenvalue weighted by molar-refractivity contribution is -0.153. The Bertz CT molecular complexity index is 1010. The van der Waals surface area contributed by atoms with Gasteiger partial charge in [0.15, 0.2) is 6.61 Å². The molecule has 0 aromatic carbocycles. The number of hydrogen-bond acceptors (Lipinski definition) is 5. The molecule has 2 aromatic heterocycles. The number of carbonyl (C=O) groups excluding carboxylic acids is 1. The standard InChI is InChI=1S/C20H22F5N5O2/c1-11-5-16(29-28-11)18(2,12-3-4-12)27-17(31)13-6-15(32-10-20(23,24)25)14(7-26-13)30-8-19(21,22)9-30/h5-7,12H,3-4,8-10H2,1-2H3,(H,27,31)(H,28,29)/t18-/m1/s1. The molecule has 3 heterocycles. The molecule has 1 atom stereocenters. The van der Waals surface area contributed by atoms with E-state index >= 15 is 0 Å². The lowest BCUT2D eigenvalue weighted by atomic mass is 9.91. The summed E-state index contributed by atoms with van der Waals surface area (Å²) in [5.41, 5.74) is 0.452. The third kappa shape index (κ3) is 4.63. The van der Waals surface area contributed by atoms with Crippen LogP contribution in [0.25, 0.3) is 0 Å². The van der Waals surface area contributed by atoms with Crippen molar-refractivity contribution in [3.8, 4) is 5.75 Å². The van der Waals surface area contributed by atoms with Gasteiger partial charge in [0.1, 0.15) is 11.4 Å². The SMILES string of the molecule is Cc1cc([C@](C)(NC(=O)c2cc(OCC(F)(F)F)c(N3CC(F)(F)C3)cn2)C2CC2)n[nH]1. The first kappa shape index (κ1) is 22.3. The zero-order chi connectivity index (χ0) is 23.3. The van der Waals surface area contributed by atoms with Crippen LogP contribution in [0, 0.1) is 12.8 Å². The van der Waals surface area contributed by atoms with Crippen LogP contribution in [0.4, 0.5) is 27.6 Å². The minimum Gasteiger partial charge on any atom is -0.482 e. The van der Waals surface area contributed by atoms with E-state index in [0.717, 1.165) is 35.7 Å². The van der Waals surface area contributed by atoms with Crippen molar-refractivity contribution < 1.29 is 31.5 Å². The molecular weight excluding hydrogens is 437 g/mol. The molecule has 0 radical (unpaired) electrons. The molecule has 174 valence electrons. The molecule has 0 spiro atoms. The molecule has 2 aromatic rings. The van der Waals surface area contributed by atoms with E-state index in [-0.39, 0.29) is 23.0 Å². The fourth-order valence-electron chi connectivity index (χ4n) is 3.77. The molecule has 1 saturated carbocycles. The van der Waals surface area contributed by atoms with Gasteiger partial charge in [0, 0.05) is 11.8 Å². The van der Waals surface area contributed by atoms with Crippen molar-refractivity contribution in [2.75, 3.05) is 24.6 Å². The summed E-state index contributed by atoms with van der Waals surface area (Å²) in [5, 5.41) is 9.99. The van der Waals surface area contributed by atoms with Gasteiger partial charge in [-0.2, -0.15) is 18.3 Å². The maximum atomic E-state index is 13.3. The summed E-state index contributed by atoms with van der Waals surface area (Å²) in [6.45, 7) is 0.703. The van der Waals surface area contributed by atoms with Gasteiger partial charge in [0.2, 0.25) is 0 Å². The third-order valence-corrected chi connectivity index (χ3v) is 5.66. The molecule has 1 amide bonds. The maximum absolute atomic E-state index is 13.3. The molecule has 0 bridgehead atoms. The number of aromatic amines is 1. The lowest BCUT2D eigenvalue weighted by Gasteiger charge is -2.40. The second kappa shape index (κ2) is 7.59. The Kier molecular flexibility index (Phi) is 5.29. The first-order valence-corrected chi connectivity index (χ1v) is 10.0. The molecule has 2 N–H and O–H groups in total. The number of ether oxygens (including phenoxy) is 1. The Hall–Kier alpha value is -2.92. The summed E-state index contributed by atoms with van der Waals surface area (Å²) in [6.07, 6.45) is -1.77. The minimum atomic E-state index is -4.63. The molecule has 12 heteroatoms. The van der Waals surface area contributed by atoms with Crippen molar-refractivity contribution in [1.82, 2.24) is 20.5 Å². The first-order valence-electron chi connectivity index (χ1n) is 10.0. The third-order valence-electron chi connectivity index (χ3n) is 5.66. The van der Waals surface area contributed by atoms with Gasteiger partial charge in [-0.3, -0.25) is 9.89 Å². The minimum absolute atomic E-state index is 0.0235. The summed E-state index contributed by atoms with van der Waals surface area (Å²) in [7, 11) is 0. The average Bonchev–Trinajstić information content (AvgIpc) is 3.45.